The van der Waals surface area contributed by atoms with Crippen molar-refractivity contribution in [1.29, 1.82) is 0 Å². The molecule has 2 heterocycles. The van der Waals surface area contributed by atoms with E-state index in [1.54, 1.807) is 6.07 Å². The van der Waals surface area contributed by atoms with Crippen LogP contribution in [0.1, 0.15) is 17.2 Å². The minimum atomic E-state index is -2.95. The Balaban J connectivity index is 1.74. The summed E-state index contributed by atoms with van der Waals surface area (Å²) in [5.41, 5.74) is 3.92. The van der Waals surface area contributed by atoms with E-state index in [1.807, 2.05) is 59.2 Å². The largest absolute Gasteiger partial charge is 0.434 e. The van der Waals surface area contributed by atoms with E-state index in [9.17, 15) is 8.78 Å². The number of alkyl halides is 2. The lowest BCUT2D eigenvalue weighted by atomic mass is 10.00. The van der Waals surface area contributed by atoms with Gasteiger partial charge in [0.05, 0.1) is 17.1 Å². The van der Waals surface area contributed by atoms with Crippen LogP contribution in [0.4, 0.5) is 14.7 Å². The van der Waals surface area contributed by atoms with E-state index in [1.165, 1.54) is 12.1 Å². The first-order valence-electron chi connectivity index (χ1n) is 9.45. The molecule has 0 aliphatic carbocycles. The third kappa shape index (κ3) is 3.79. The van der Waals surface area contributed by atoms with E-state index >= 15 is 0 Å². The molecule has 4 nitrogen and oxygen atoms in total. The molecule has 1 aliphatic rings. The lowest BCUT2D eigenvalue weighted by molar-refractivity contribution is -0.0505. The predicted molar refractivity (Wildman–Crippen MR) is 122 cm³/mol. The maximum absolute atomic E-state index is 13.1. The van der Waals surface area contributed by atoms with Gasteiger partial charge in [0.2, 0.25) is 5.95 Å². The van der Waals surface area contributed by atoms with Gasteiger partial charge < -0.3 is 10.1 Å². The second-order valence-corrected chi connectivity index (χ2v) is 8.36. The maximum Gasteiger partial charge on any atom is 0.387 e. The van der Waals surface area contributed by atoms with E-state index in [-0.39, 0.29) is 5.75 Å². The molecule has 0 amide bonds. The molecule has 0 bridgehead atoms. The Bertz CT molecular complexity index is 1300. The van der Waals surface area contributed by atoms with Crippen LogP contribution in [0.15, 0.2) is 77.3 Å². The Morgan fingerprint density at radius 1 is 1.06 bits per heavy atom. The Morgan fingerprint density at radius 3 is 2.61 bits per heavy atom. The molecule has 8 heteroatoms. The van der Waals surface area contributed by atoms with Gasteiger partial charge in [0.25, 0.3) is 0 Å². The monoisotopic (exact) mass is 501 g/mol. The summed E-state index contributed by atoms with van der Waals surface area (Å²) in [6.45, 7) is -2.95. The fourth-order valence-corrected chi connectivity index (χ4v) is 4.23. The molecule has 1 atom stereocenters. The average molecular weight is 503 g/mol. The van der Waals surface area contributed by atoms with Gasteiger partial charge in [0.1, 0.15) is 5.75 Å². The summed E-state index contributed by atoms with van der Waals surface area (Å²) in [5, 5.41) is 3.80. The van der Waals surface area contributed by atoms with Crippen LogP contribution in [-0.2, 0) is 0 Å². The van der Waals surface area contributed by atoms with Crippen LogP contribution < -0.4 is 10.1 Å². The Morgan fingerprint density at radius 2 is 1.84 bits per heavy atom. The predicted octanol–water partition coefficient (Wildman–Crippen LogP) is 7.11. The van der Waals surface area contributed by atoms with Crippen molar-refractivity contribution in [2.45, 2.75) is 12.7 Å². The van der Waals surface area contributed by atoms with E-state index in [0.717, 1.165) is 26.8 Å². The minimum absolute atomic E-state index is 0.0708. The molecular formula is C23H15BrClF2N3O. The van der Waals surface area contributed by atoms with Crippen LogP contribution in [0.5, 0.6) is 5.75 Å². The van der Waals surface area contributed by atoms with Gasteiger partial charge in [-0.15, -0.1) is 0 Å². The first-order valence-corrected chi connectivity index (χ1v) is 10.6. The van der Waals surface area contributed by atoms with Crippen molar-refractivity contribution in [2.75, 3.05) is 5.32 Å². The molecule has 3 aromatic carbocycles. The van der Waals surface area contributed by atoms with Crippen molar-refractivity contribution in [3.63, 3.8) is 0 Å². The molecule has 4 aromatic rings. The number of imidazole rings is 1. The number of rotatable bonds is 4. The second-order valence-electron chi connectivity index (χ2n) is 7.01. The SMILES string of the molecule is FC(F)Oc1ccc(Cl)cc1[C@@H]1C=C(c2ccc(Br)cc2)Nc2nc3ccccc3n21. The van der Waals surface area contributed by atoms with E-state index < -0.39 is 12.7 Å². The normalized spacial score (nSPS) is 15.5. The van der Waals surface area contributed by atoms with Crippen molar-refractivity contribution in [2.24, 2.45) is 0 Å². The molecule has 5 rings (SSSR count). The van der Waals surface area contributed by atoms with Crippen molar-refractivity contribution < 1.29 is 13.5 Å². The number of nitrogens with one attached hydrogen (secondary N) is 1. The van der Waals surface area contributed by atoms with Gasteiger partial charge in [-0.3, -0.25) is 4.57 Å². The van der Waals surface area contributed by atoms with Crippen LogP contribution in [0, 0.1) is 0 Å². The molecule has 0 saturated heterocycles. The second kappa shape index (κ2) is 7.98. The van der Waals surface area contributed by atoms with E-state index in [0.29, 0.717) is 16.5 Å². The first-order chi connectivity index (χ1) is 15.0. The van der Waals surface area contributed by atoms with Crippen LogP contribution in [0.25, 0.3) is 16.7 Å². The van der Waals surface area contributed by atoms with Gasteiger partial charge in [-0.25, -0.2) is 4.98 Å². The first kappa shape index (κ1) is 20.0. The fourth-order valence-electron chi connectivity index (χ4n) is 3.79. The number of ether oxygens (including phenoxy) is 1. The smallest absolute Gasteiger partial charge is 0.387 e. The molecule has 31 heavy (non-hydrogen) atoms. The topological polar surface area (TPSA) is 39.1 Å². The van der Waals surface area contributed by atoms with Crippen molar-refractivity contribution in [3.8, 4) is 5.75 Å². The number of benzene rings is 3. The summed E-state index contributed by atoms with van der Waals surface area (Å²) in [5.74, 6) is 0.677. The number of nitrogens with zero attached hydrogens (tertiary/aromatic N) is 2. The number of allylic oxidation sites excluding steroid dienone is 1. The molecule has 0 fully saturated rings. The third-order valence-electron chi connectivity index (χ3n) is 5.11. The van der Waals surface area contributed by atoms with Gasteiger partial charge >= 0.3 is 6.61 Å². The summed E-state index contributed by atoms with van der Waals surface area (Å²) >= 11 is 9.70. The quantitative estimate of drug-likeness (QED) is 0.323. The average Bonchev–Trinajstić information content (AvgIpc) is 3.13. The summed E-state index contributed by atoms with van der Waals surface area (Å²) in [6.07, 6.45) is 1.97. The zero-order valence-corrected chi connectivity index (χ0v) is 18.2. The lowest BCUT2D eigenvalue weighted by Gasteiger charge is -2.28. The number of halogens is 4. The molecule has 0 spiro atoms. The zero-order chi connectivity index (χ0) is 21.5. The Labute approximate surface area is 190 Å². The Hall–Kier alpha value is -2.90. The van der Waals surface area contributed by atoms with Gasteiger partial charge in [0, 0.05) is 20.8 Å². The lowest BCUT2D eigenvalue weighted by Crippen LogP contribution is -2.20. The van der Waals surface area contributed by atoms with Crippen LogP contribution in [-0.4, -0.2) is 16.2 Å². The highest BCUT2D eigenvalue weighted by atomic mass is 79.9. The third-order valence-corrected chi connectivity index (χ3v) is 5.87. The van der Waals surface area contributed by atoms with Crippen LogP contribution in [0.3, 0.4) is 0 Å². The molecule has 156 valence electrons. The highest BCUT2D eigenvalue weighted by Gasteiger charge is 2.28. The van der Waals surface area contributed by atoms with Crippen molar-refractivity contribution in [1.82, 2.24) is 9.55 Å². The standard InChI is InChI=1S/C23H15BrClF2N3O/c24-14-7-5-13(6-8-14)18-12-20(16-11-15(25)9-10-21(16)31-22(26)27)30-19-4-2-1-3-17(19)28-23(30)29-18/h1-12,20,22H,(H,28,29)/t20-/m0/s1. The zero-order valence-electron chi connectivity index (χ0n) is 15.9. The molecule has 1 aromatic heterocycles. The highest BCUT2D eigenvalue weighted by molar-refractivity contribution is 9.10. The summed E-state index contributed by atoms with van der Waals surface area (Å²) < 4.78 is 34.0. The summed E-state index contributed by atoms with van der Waals surface area (Å²) in [7, 11) is 0. The van der Waals surface area contributed by atoms with Gasteiger partial charge in [-0.1, -0.05) is 51.8 Å². The van der Waals surface area contributed by atoms with Gasteiger partial charge in [-0.05, 0) is 54.1 Å². The van der Waals surface area contributed by atoms with E-state index in [4.69, 9.17) is 21.3 Å². The van der Waals surface area contributed by atoms with Crippen molar-refractivity contribution >= 4 is 50.2 Å². The summed E-state index contributed by atoms with van der Waals surface area (Å²) in [6, 6.07) is 19.7. The molecule has 1 N–H and O–H groups in total. The molecular weight excluding hydrogens is 488 g/mol. The molecule has 0 radical (unpaired) electrons. The van der Waals surface area contributed by atoms with Crippen molar-refractivity contribution in [3.05, 3.63) is 93.4 Å². The highest BCUT2D eigenvalue weighted by Crippen LogP contribution is 2.41. The Kier molecular flexibility index (Phi) is 5.16. The number of fused-ring (bicyclic) bond motifs is 3. The minimum Gasteiger partial charge on any atom is -0.434 e. The van der Waals surface area contributed by atoms with Crippen LogP contribution >= 0.6 is 27.5 Å². The molecule has 1 aliphatic heterocycles. The van der Waals surface area contributed by atoms with E-state index in [2.05, 4.69) is 21.2 Å². The fraction of sp³-hybridized carbons (Fsp3) is 0.0870. The van der Waals surface area contributed by atoms with Crippen LogP contribution in [0.2, 0.25) is 5.02 Å². The van der Waals surface area contributed by atoms with Gasteiger partial charge in [-0.2, -0.15) is 8.78 Å². The van der Waals surface area contributed by atoms with Gasteiger partial charge in [0.15, 0.2) is 0 Å². The number of anilines is 1. The number of hydrogen-bond donors (Lipinski definition) is 1. The number of para-hydroxylation sites is 2. The summed E-state index contributed by atoms with van der Waals surface area (Å²) in [4.78, 5) is 4.72. The number of hydrogen-bond acceptors (Lipinski definition) is 3. The molecule has 0 unspecified atom stereocenters. The molecule has 0 saturated carbocycles. The number of aromatic nitrogens is 2. The maximum atomic E-state index is 13.1.